The Hall–Kier alpha value is -0.0500. The molecule has 0 rings (SSSR count). The number of hydrogen-bond donors (Lipinski definition) is 0. The fraction of sp³-hybridized carbons (Fsp3) is 1.00. The summed E-state index contributed by atoms with van der Waals surface area (Å²) in [6.07, 6.45) is 48.4. The topological polar surface area (TPSA) is 34.1 Å². The largest absolute Gasteiger partial charge is 0.229 e. The third-order valence-electron chi connectivity index (χ3n) is 11.4. The molecule has 0 heterocycles. The molecule has 0 N–H and O–H groups in total. The lowest BCUT2D eigenvalue weighted by atomic mass is 9.95. The highest BCUT2D eigenvalue weighted by Crippen LogP contribution is 2.20. The summed E-state index contributed by atoms with van der Waals surface area (Å²) in [4.78, 5) is 0. The van der Waals surface area contributed by atoms with Crippen molar-refractivity contribution in [1.82, 2.24) is 0 Å². The van der Waals surface area contributed by atoms with Crippen LogP contribution in [0.4, 0.5) is 0 Å². The molecule has 2 nitrogen and oxygen atoms in total. The molecule has 0 fully saturated rings. The third kappa shape index (κ3) is 35.6. The molecule has 0 atom stereocenters. The van der Waals surface area contributed by atoms with Crippen LogP contribution in [0.15, 0.2) is 0 Å². The summed E-state index contributed by atoms with van der Waals surface area (Å²) in [5, 5.41) is 0. The number of hydrogen-bond acceptors (Lipinski definition) is 2. The minimum atomic E-state index is -2.83. The van der Waals surface area contributed by atoms with Crippen LogP contribution in [0.3, 0.4) is 0 Å². The van der Waals surface area contributed by atoms with Crippen molar-refractivity contribution in [2.45, 2.75) is 259 Å². The molecule has 0 radical (unpaired) electrons. The van der Waals surface area contributed by atoms with Crippen LogP contribution in [-0.4, -0.2) is 19.9 Å². The van der Waals surface area contributed by atoms with E-state index in [1.807, 2.05) is 0 Å². The van der Waals surface area contributed by atoms with Gasteiger partial charge in [0.25, 0.3) is 0 Å². The molecule has 3 heteroatoms. The Morgan fingerprint density at radius 1 is 0.277 bits per heavy atom. The molecule has 0 saturated carbocycles. The second-order valence-corrected chi connectivity index (χ2v) is 18.0. The van der Waals surface area contributed by atoms with E-state index in [0.29, 0.717) is 11.5 Å². The van der Waals surface area contributed by atoms with Crippen LogP contribution in [0.2, 0.25) is 0 Å². The van der Waals surface area contributed by atoms with E-state index < -0.39 is 9.84 Å². The Morgan fingerprint density at radius 2 is 0.447 bits per heavy atom. The maximum absolute atomic E-state index is 12.4. The van der Waals surface area contributed by atoms with Crippen molar-refractivity contribution in [2.24, 2.45) is 11.8 Å². The van der Waals surface area contributed by atoms with Crippen LogP contribution in [-0.2, 0) is 9.84 Å². The second-order valence-electron chi connectivity index (χ2n) is 15.7. The summed E-state index contributed by atoms with van der Waals surface area (Å²) in [5.74, 6) is 2.78. The van der Waals surface area contributed by atoms with E-state index in [1.54, 1.807) is 0 Å². The molecule has 0 bridgehead atoms. The van der Waals surface area contributed by atoms with Crippen molar-refractivity contribution in [3.05, 3.63) is 0 Å². The van der Waals surface area contributed by atoms with Crippen LogP contribution in [0.25, 0.3) is 0 Å². The van der Waals surface area contributed by atoms with E-state index in [0.717, 1.165) is 37.5 Å². The monoisotopic (exact) mass is 683 g/mol. The zero-order chi connectivity index (χ0) is 34.5. The number of rotatable bonds is 40. The van der Waals surface area contributed by atoms with Crippen molar-refractivity contribution in [2.75, 3.05) is 11.5 Å². The van der Waals surface area contributed by atoms with Gasteiger partial charge in [-0.3, -0.25) is 0 Å². The van der Waals surface area contributed by atoms with Gasteiger partial charge in [0, 0.05) is 0 Å². The Balaban J connectivity index is 3.31. The fourth-order valence-electron chi connectivity index (χ4n) is 7.60. The van der Waals surface area contributed by atoms with Gasteiger partial charge in [-0.05, 0) is 24.7 Å². The van der Waals surface area contributed by atoms with E-state index >= 15 is 0 Å². The summed E-state index contributed by atoms with van der Waals surface area (Å²) in [6, 6.07) is 0. The molecule has 0 saturated heterocycles. The van der Waals surface area contributed by atoms with Gasteiger partial charge in [0.1, 0.15) is 9.84 Å². The molecule has 0 aromatic rings. The lowest BCUT2D eigenvalue weighted by molar-refractivity contribution is 0.426. The first-order valence-corrected chi connectivity index (χ1v) is 24.0. The van der Waals surface area contributed by atoms with Gasteiger partial charge in [-0.25, -0.2) is 8.42 Å². The molecule has 0 unspecified atom stereocenters. The van der Waals surface area contributed by atoms with E-state index in [-0.39, 0.29) is 0 Å². The van der Waals surface area contributed by atoms with Crippen LogP contribution < -0.4 is 0 Å². The van der Waals surface area contributed by atoms with Crippen molar-refractivity contribution < 1.29 is 8.42 Å². The normalized spacial score (nSPS) is 12.2. The summed E-state index contributed by atoms with van der Waals surface area (Å²) in [5.41, 5.74) is 0. The summed E-state index contributed by atoms with van der Waals surface area (Å²) in [6.45, 7) is 9.36. The van der Waals surface area contributed by atoms with Gasteiger partial charge in [0.15, 0.2) is 0 Å². The van der Waals surface area contributed by atoms with Crippen molar-refractivity contribution in [3.8, 4) is 0 Å². The molecule has 0 spiro atoms. The van der Waals surface area contributed by atoms with Crippen LogP contribution in [0.5, 0.6) is 0 Å². The Bertz CT molecular complexity index is 627. The fourth-order valence-corrected chi connectivity index (χ4v) is 9.09. The van der Waals surface area contributed by atoms with Gasteiger partial charge in [-0.1, -0.05) is 246 Å². The highest BCUT2D eigenvalue weighted by atomic mass is 32.2. The SMILES string of the molecule is CCC(CC)CCCCCCCCCCCCCCCCCS(=O)(=O)CCCCCCCCCCCCCCCCCC(CC)CC. The van der Waals surface area contributed by atoms with Crippen molar-refractivity contribution in [3.63, 3.8) is 0 Å². The lowest BCUT2D eigenvalue weighted by Gasteiger charge is -2.11. The highest BCUT2D eigenvalue weighted by Gasteiger charge is 2.10. The minimum absolute atomic E-state index is 0.420. The highest BCUT2D eigenvalue weighted by molar-refractivity contribution is 7.91. The molecule has 0 aliphatic heterocycles. The number of unbranched alkanes of at least 4 members (excludes halogenated alkanes) is 28. The smallest absolute Gasteiger partial charge is 0.150 e. The Kier molecular flexibility index (Phi) is 37.2. The zero-order valence-corrected chi connectivity index (χ0v) is 34.1. The zero-order valence-electron chi connectivity index (χ0n) is 33.2. The van der Waals surface area contributed by atoms with Crippen LogP contribution in [0.1, 0.15) is 259 Å². The average Bonchev–Trinajstić information content (AvgIpc) is 3.07. The first kappa shape index (κ1) is 47.0. The first-order valence-electron chi connectivity index (χ1n) is 22.2. The summed E-state index contributed by atoms with van der Waals surface area (Å²) < 4.78 is 24.8. The van der Waals surface area contributed by atoms with Gasteiger partial charge in [0.2, 0.25) is 0 Å². The van der Waals surface area contributed by atoms with Gasteiger partial charge in [-0.2, -0.15) is 0 Å². The van der Waals surface area contributed by atoms with E-state index in [9.17, 15) is 8.42 Å². The predicted molar refractivity (Wildman–Crippen MR) is 215 cm³/mol. The first-order chi connectivity index (χ1) is 23.0. The molecular formula is C44H90O2S. The standard InChI is InChI=1S/C44H90O2S/c1-5-43(6-2)39-35-31-27-23-19-15-11-9-13-17-21-25-29-33-37-41-47(45,46)42-38-34-30-26-22-18-14-10-12-16-20-24-28-32-36-40-44(7-3)8-4/h43-44H,5-42H2,1-4H3. The maximum Gasteiger partial charge on any atom is 0.150 e. The van der Waals surface area contributed by atoms with Crippen molar-refractivity contribution >= 4 is 9.84 Å². The quantitative estimate of drug-likeness (QED) is 0.0603. The molecule has 0 aliphatic carbocycles. The Labute approximate surface area is 299 Å². The molecule has 47 heavy (non-hydrogen) atoms. The second kappa shape index (κ2) is 37.2. The number of sulfone groups is 1. The average molecular weight is 683 g/mol. The molecular weight excluding hydrogens is 593 g/mol. The van der Waals surface area contributed by atoms with E-state index in [4.69, 9.17) is 0 Å². The van der Waals surface area contributed by atoms with E-state index in [2.05, 4.69) is 27.7 Å². The molecule has 0 amide bonds. The lowest BCUT2D eigenvalue weighted by Crippen LogP contribution is -2.11. The predicted octanol–water partition coefficient (Wildman–Crippen LogP) is 15.8. The Morgan fingerprint density at radius 3 is 0.638 bits per heavy atom. The molecule has 0 aromatic heterocycles. The van der Waals surface area contributed by atoms with Crippen LogP contribution in [0, 0.1) is 11.8 Å². The maximum atomic E-state index is 12.4. The summed E-state index contributed by atoms with van der Waals surface area (Å²) >= 11 is 0. The van der Waals surface area contributed by atoms with Crippen LogP contribution >= 0.6 is 0 Å². The molecule has 284 valence electrons. The summed E-state index contributed by atoms with van der Waals surface area (Å²) in [7, 11) is -2.83. The van der Waals surface area contributed by atoms with Crippen molar-refractivity contribution in [1.29, 1.82) is 0 Å². The van der Waals surface area contributed by atoms with Gasteiger partial charge >= 0.3 is 0 Å². The van der Waals surface area contributed by atoms with Gasteiger partial charge in [0.05, 0.1) is 11.5 Å². The molecule has 0 aromatic carbocycles. The van der Waals surface area contributed by atoms with Gasteiger partial charge in [-0.15, -0.1) is 0 Å². The van der Waals surface area contributed by atoms with E-state index in [1.165, 1.54) is 205 Å². The minimum Gasteiger partial charge on any atom is -0.229 e. The third-order valence-corrected chi connectivity index (χ3v) is 13.3. The van der Waals surface area contributed by atoms with Gasteiger partial charge < -0.3 is 0 Å². The molecule has 0 aliphatic rings.